The highest BCUT2D eigenvalue weighted by atomic mass is 27.1. The van der Waals surface area contributed by atoms with Crippen molar-refractivity contribution in [3.8, 4) is 0 Å². The van der Waals surface area contributed by atoms with Crippen LogP contribution in [0.1, 0.15) is 27.7 Å². The van der Waals surface area contributed by atoms with Crippen LogP contribution in [-0.2, 0) is 0 Å². The predicted octanol–water partition coefficient (Wildman–Crippen LogP) is 1.85. The van der Waals surface area contributed by atoms with E-state index in [1.807, 2.05) is 0 Å². The van der Waals surface area contributed by atoms with Gasteiger partial charge in [-0.2, -0.15) is 0 Å². The minimum absolute atomic E-state index is 0. The average Bonchev–Trinajstić information content (AvgIpc) is 1.63. The standard InChI is InChI=1S/2C4H9.2Al.3FH.4H/c2*1-4(2)3;;;;;;;;;/h2*4H,1H2,2-3H3;;;3*1H;;;;. The van der Waals surface area contributed by atoms with E-state index in [9.17, 15) is 0 Å². The second-order valence-electron chi connectivity index (χ2n) is 3.72. The Bertz CT molecular complexity index is 62.4. The lowest BCUT2D eigenvalue weighted by atomic mass is 10.3. The highest BCUT2D eigenvalue weighted by Crippen LogP contribution is 2.05. The van der Waals surface area contributed by atoms with Crippen molar-refractivity contribution in [2.24, 2.45) is 11.8 Å². The van der Waals surface area contributed by atoms with Gasteiger partial charge in [0.15, 0.2) is 17.4 Å². The molecule has 13 heavy (non-hydrogen) atoms. The van der Waals surface area contributed by atoms with E-state index in [0.29, 0.717) is 15.2 Å². The van der Waals surface area contributed by atoms with Gasteiger partial charge in [-0.25, -0.2) is 0 Å². The van der Waals surface area contributed by atoms with Crippen LogP contribution in [0.15, 0.2) is 0 Å². The van der Waals surface area contributed by atoms with Crippen molar-refractivity contribution in [2.45, 2.75) is 38.3 Å². The molecule has 84 valence electrons. The van der Waals surface area contributed by atoms with E-state index >= 15 is 0 Å². The predicted molar refractivity (Wildman–Crippen MR) is 63.9 cm³/mol. The zero-order valence-corrected chi connectivity index (χ0v) is 9.91. The van der Waals surface area contributed by atoms with Gasteiger partial charge in [-0.05, 0) is 0 Å². The third-order valence-corrected chi connectivity index (χ3v) is 4.69. The van der Waals surface area contributed by atoms with Crippen molar-refractivity contribution in [2.75, 3.05) is 0 Å². The van der Waals surface area contributed by atoms with Crippen molar-refractivity contribution in [3.05, 3.63) is 0 Å². The van der Waals surface area contributed by atoms with E-state index in [2.05, 4.69) is 27.7 Å². The first-order chi connectivity index (χ1) is 4.13. The maximum atomic E-state index is 2.33. The largest absolute Gasteiger partial charge is 0.269 e. The highest BCUT2D eigenvalue weighted by molar-refractivity contribution is 6.35. The molecule has 0 aromatic heterocycles. The van der Waals surface area contributed by atoms with Gasteiger partial charge >= 0.3 is 0 Å². The summed E-state index contributed by atoms with van der Waals surface area (Å²) in [5, 5.41) is 3.08. The highest BCUT2D eigenvalue weighted by Gasteiger charge is 1.99. The maximum Gasteiger partial charge on any atom is 0.237 e. The van der Waals surface area contributed by atoms with Gasteiger partial charge < -0.3 is 0 Å². The summed E-state index contributed by atoms with van der Waals surface area (Å²) in [6.07, 6.45) is 0. The van der Waals surface area contributed by atoms with Gasteiger partial charge in [-0.15, -0.1) is 0 Å². The topological polar surface area (TPSA) is 0 Å². The Morgan fingerprint density at radius 2 is 1.00 bits per heavy atom. The normalized spacial score (nSPS) is 7.54. The zero-order chi connectivity index (χ0) is 7.28. The van der Waals surface area contributed by atoms with E-state index in [0.717, 1.165) is 11.8 Å². The Morgan fingerprint density at radius 3 is 1.15 bits per heavy atom. The molecule has 0 saturated heterocycles. The van der Waals surface area contributed by atoms with E-state index in [1.165, 1.54) is 10.6 Å². The summed E-state index contributed by atoms with van der Waals surface area (Å²) in [5.41, 5.74) is 0. The summed E-state index contributed by atoms with van der Waals surface area (Å²) in [5.74, 6) is 1.91. The molecule has 0 nitrogen and oxygen atoms in total. The van der Waals surface area contributed by atoms with Crippen molar-refractivity contribution >= 4 is 32.6 Å². The molecule has 0 saturated carbocycles. The van der Waals surface area contributed by atoms with Crippen LogP contribution in [0.4, 0.5) is 14.1 Å². The van der Waals surface area contributed by atoms with Crippen LogP contribution in [0.2, 0.25) is 10.6 Å². The smallest absolute Gasteiger partial charge is 0.237 e. The lowest BCUT2D eigenvalue weighted by Crippen LogP contribution is -1.99. The van der Waals surface area contributed by atoms with Gasteiger partial charge in [0.05, 0.1) is 0 Å². The first-order valence-electron chi connectivity index (χ1n) is 4.13. The van der Waals surface area contributed by atoms with Crippen molar-refractivity contribution in [1.29, 1.82) is 0 Å². The fourth-order valence-electron chi connectivity index (χ4n) is 0.934. The maximum absolute atomic E-state index is 2.33. The quantitative estimate of drug-likeness (QED) is 0.649. The molecule has 0 amide bonds. The molecule has 0 heterocycles. The van der Waals surface area contributed by atoms with Crippen LogP contribution >= 0.6 is 0 Å². The van der Waals surface area contributed by atoms with Crippen LogP contribution in [0.25, 0.3) is 0 Å². The fraction of sp³-hybridized carbons (Fsp3) is 1.00. The molecule has 0 aromatic carbocycles. The summed E-state index contributed by atoms with van der Waals surface area (Å²) in [7, 11) is 0. The van der Waals surface area contributed by atoms with Crippen molar-refractivity contribution in [3.63, 3.8) is 0 Å². The van der Waals surface area contributed by atoms with Crippen LogP contribution < -0.4 is 0 Å². The van der Waals surface area contributed by atoms with Gasteiger partial charge in [0.1, 0.15) is 0 Å². The molecule has 0 rings (SSSR count). The third kappa shape index (κ3) is 32.2. The lowest BCUT2D eigenvalue weighted by molar-refractivity contribution is 0.700. The number of hydrogen-bond acceptors (Lipinski definition) is 0. The first-order valence-corrected chi connectivity index (χ1v) is 6.13. The molecule has 0 aliphatic rings. The molecule has 0 atom stereocenters. The molecule has 0 N–H and O–H groups in total. The fourth-order valence-corrected chi connectivity index (χ4v) is 2.80. The molecular formula is C8H25Al2F3. The van der Waals surface area contributed by atoms with Crippen LogP contribution in [0, 0.1) is 11.8 Å². The zero-order valence-electron chi connectivity index (χ0n) is 8.50. The minimum Gasteiger partial charge on any atom is -0.269 e. The molecule has 0 aromatic rings. The number of halogens is 3. The van der Waals surface area contributed by atoms with Crippen molar-refractivity contribution < 1.29 is 14.1 Å². The SMILES string of the molecule is CC(C)[CH2][AlH][CH2]C(C)C.F.F.F.[AlH3]. The Hall–Kier alpha value is 0.855. The minimum atomic E-state index is 0. The summed E-state index contributed by atoms with van der Waals surface area (Å²) in [6, 6.07) is 0. The van der Waals surface area contributed by atoms with Crippen LogP contribution in [0.5, 0.6) is 0 Å². The Kier molecular flexibility index (Phi) is 41.8. The first kappa shape index (κ1) is 29.2. The summed E-state index contributed by atoms with van der Waals surface area (Å²) < 4.78 is 0. The molecule has 0 spiro atoms. The summed E-state index contributed by atoms with van der Waals surface area (Å²) in [4.78, 5) is 0. The molecule has 0 unspecified atom stereocenters. The van der Waals surface area contributed by atoms with Gasteiger partial charge in [0.2, 0.25) is 15.2 Å². The van der Waals surface area contributed by atoms with Crippen molar-refractivity contribution in [1.82, 2.24) is 0 Å². The number of rotatable bonds is 4. The van der Waals surface area contributed by atoms with Crippen LogP contribution in [-0.4, -0.2) is 32.6 Å². The van der Waals surface area contributed by atoms with E-state index < -0.39 is 0 Å². The number of hydrogen-bond donors (Lipinski definition) is 0. The average molecular weight is 232 g/mol. The molecule has 0 bridgehead atoms. The molecule has 0 aliphatic carbocycles. The second kappa shape index (κ2) is 18.6. The molecular weight excluding hydrogens is 207 g/mol. The second-order valence-corrected chi connectivity index (χ2v) is 5.58. The van der Waals surface area contributed by atoms with E-state index in [-0.39, 0.29) is 31.5 Å². The Balaban J connectivity index is -0.0000000533. The Labute approximate surface area is 96.8 Å². The summed E-state index contributed by atoms with van der Waals surface area (Å²) >= 11 is 0.316. The van der Waals surface area contributed by atoms with Gasteiger partial charge in [-0.3, -0.25) is 14.1 Å². The van der Waals surface area contributed by atoms with Gasteiger partial charge in [0, 0.05) is 0 Å². The van der Waals surface area contributed by atoms with E-state index in [1.54, 1.807) is 0 Å². The van der Waals surface area contributed by atoms with Crippen LogP contribution in [0.3, 0.4) is 0 Å². The summed E-state index contributed by atoms with van der Waals surface area (Å²) in [6.45, 7) is 9.31. The molecule has 0 radical (unpaired) electrons. The lowest BCUT2D eigenvalue weighted by Gasteiger charge is -2.03. The van der Waals surface area contributed by atoms with Gasteiger partial charge in [-0.1, -0.05) is 50.1 Å². The monoisotopic (exact) mass is 232 g/mol. The third-order valence-electron chi connectivity index (χ3n) is 1.56. The molecule has 0 fully saturated rings. The molecule has 0 aliphatic heterocycles. The van der Waals surface area contributed by atoms with Gasteiger partial charge in [0.25, 0.3) is 0 Å². The molecule has 5 heteroatoms. The Morgan fingerprint density at radius 1 is 0.769 bits per heavy atom. The van der Waals surface area contributed by atoms with E-state index in [4.69, 9.17) is 0 Å².